The number of fused-ring (bicyclic) bond motifs is 1. The highest BCUT2D eigenvalue weighted by atomic mass is 35.5. The number of hydrogen-bond donors (Lipinski definition) is 0. The standard InChI is InChI=1S/C13H14ClN3O3/c1-7-15-11(14)9-5-10(20-8-3-4-19-6-8)13(18)17(2)12(9)16-7/h5,8H,3-4,6H2,1-2H3. The molecular formula is C13H14ClN3O3. The van der Waals surface area contributed by atoms with Gasteiger partial charge in [-0.15, -0.1) is 0 Å². The molecule has 0 bridgehead atoms. The SMILES string of the molecule is Cc1nc(Cl)c2cc(OC3CCOC3)c(=O)n(C)c2n1. The first-order chi connectivity index (χ1) is 9.56. The largest absolute Gasteiger partial charge is 0.482 e. The lowest BCUT2D eigenvalue weighted by molar-refractivity contribution is 0.140. The van der Waals surface area contributed by atoms with E-state index in [1.54, 1.807) is 20.0 Å². The molecule has 1 unspecified atom stereocenters. The maximum absolute atomic E-state index is 12.3. The maximum atomic E-state index is 12.3. The molecule has 3 rings (SSSR count). The molecule has 0 amide bonds. The Bertz CT molecular complexity index is 723. The molecule has 6 nitrogen and oxygen atoms in total. The Hall–Kier alpha value is -1.66. The fourth-order valence-corrected chi connectivity index (χ4v) is 2.50. The van der Waals surface area contributed by atoms with Gasteiger partial charge in [0.25, 0.3) is 5.56 Å². The van der Waals surface area contributed by atoms with Crippen LogP contribution in [0.5, 0.6) is 5.75 Å². The number of aromatic nitrogens is 3. The van der Waals surface area contributed by atoms with Gasteiger partial charge in [-0.05, 0) is 13.0 Å². The number of aryl methyl sites for hydroxylation is 2. The lowest BCUT2D eigenvalue weighted by atomic mass is 10.3. The van der Waals surface area contributed by atoms with Crippen molar-refractivity contribution < 1.29 is 9.47 Å². The highest BCUT2D eigenvalue weighted by Crippen LogP contribution is 2.23. The Morgan fingerprint density at radius 2 is 2.30 bits per heavy atom. The number of rotatable bonds is 2. The van der Waals surface area contributed by atoms with E-state index < -0.39 is 0 Å². The molecule has 106 valence electrons. The van der Waals surface area contributed by atoms with E-state index in [1.165, 1.54) is 4.57 Å². The van der Waals surface area contributed by atoms with Gasteiger partial charge < -0.3 is 9.47 Å². The summed E-state index contributed by atoms with van der Waals surface area (Å²) < 4.78 is 12.4. The Labute approximate surface area is 120 Å². The molecule has 20 heavy (non-hydrogen) atoms. The Morgan fingerprint density at radius 3 is 3.00 bits per heavy atom. The van der Waals surface area contributed by atoms with Gasteiger partial charge >= 0.3 is 0 Å². The quantitative estimate of drug-likeness (QED) is 0.785. The van der Waals surface area contributed by atoms with E-state index in [1.807, 2.05) is 0 Å². The highest BCUT2D eigenvalue weighted by Gasteiger charge is 2.20. The van der Waals surface area contributed by atoms with Crippen molar-refractivity contribution in [1.29, 1.82) is 0 Å². The summed E-state index contributed by atoms with van der Waals surface area (Å²) in [5, 5.41) is 0.920. The average molecular weight is 296 g/mol. The van der Waals surface area contributed by atoms with Crippen LogP contribution in [0.4, 0.5) is 0 Å². The second-order valence-electron chi connectivity index (χ2n) is 4.78. The van der Waals surface area contributed by atoms with E-state index >= 15 is 0 Å². The van der Waals surface area contributed by atoms with Crippen molar-refractivity contribution in [2.24, 2.45) is 7.05 Å². The predicted octanol–water partition coefficient (Wildman–Crippen LogP) is 1.46. The number of hydrogen-bond acceptors (Lipinski definition) is 5. The molecule has 0 aliphatic carbocycles. The number of nitrogens with zero attached hydrogens (tertiary/aromatic N) is 3. The maximum Gasteiger partial charge on any atom is 0.294 e. The van der Waals surface area contributed by atoms with E-state index in [0.29, 0.717) is 35.2 Å². The fraction of sp³-hybridized carbons (Fsp3) is 0.462. The van der Waals surface area contributed by atoms with Crippen molar-refractivity contribution >= 4 is 22.6 Å². The summed E-state index contributed by atoms with van der Waals surface area (Å²) >= 11 is 6.13. The Balaban J connectivity index is 2.14. The second kappa shape index (κ2) is 5.03. The van der Waals surface area contributed by atoms with Gasteiger partial charge in [-0.1, -0.05) is 11.6 Å². The van der Waals surface area contributed by atoms with Crippen LogP contribution in [0.3, 0.4) is 0 Å². The molecule has 2 aromatic heterocycles. The van der Waals surface area contributed by atoms with Crippen LogP contribution < -0.4 is 10.3 Å². The minimum atomic E-state index is -0.237. The molecular weight excluding hydrogens is 282 g/mol. The van der Waals surface area contributed by atoms with Gasteiger partial charge in [-0.25, -0.2) is 9.97 Å². The summed E-state index contributed by atoms with van der Waals surface area (Å²) in [5.41, 5.74) is 0.265. The van der Waals surface area contributed by atoms with Gasteiger partial charge in [0.05, 0.1) is 18.6 Å². The highest BCUT2D eigenvalue weighted by molar-refractivity contribution is 6.33. The average Bonchev–Trinajstić information content (AvgIpc) is 2.90. The van der Waals surface area contributed by atoms with Crippen molar-refractivity contribution in [2.75, 3.05) is 13.2 Å². The van der Waals surface area contributed by atoms with Crippen LogP contribution in [0.1, 0.15) is 12.2 Å². The summed E-state index contributed by atoms with van der Waals surface area (Å²) in [7, 11) is 1.64. The van der Waals surface area contributed by atoms with Gasteiger partial charge in [0.1, 0.15) is 22.7 Å². The first kappa shape index (κ1) is 13.3. The van der Waals surface area contributed by atoms with E-state index in [-0.39, 0.29) is 17.4 Å². The van der Waals surface area contributed by atoms with Crippen LogP contribution in [0.2, 0.25) is 5.15 Å². The molecule has 0 aromatic carbocycles. The van der Waals surface area contributed by atoms with Crippen LogP contribution in [0.15, 0.2) is 10.9 Å². The summed E-state index contributed by atoms with van der Waals surface area (Å²) in [6.07, 6.45) is 0.685. The zero-order valence-electron chi connectivity index (χ0n) is 11.2. The van der Waals surface area contributed by atoms with Crippen LogP contribution in [-0.2, 0) is 11.8 Å². The predicted molar refractivity (Wildman–Crippen MR) is 74.4 cm³/mol. The van der Waals surface area contributed by atoms with E-state index in [4.69, 9.17) is 21.1 Å². The molecule has 2 aromatic rings. The summed E-state index contributed by atoms with van der Waals surface area (Å²) in [6.45, 7) is 2.89. The van der Waals surface area contributed by atoms with E-state index in [9.17, 15) is 4.79 Å². The van der Waals surface area contributed by atoms with Gasteiger partial charge in [-0.2, -0.15) is 0 Å². The van der Waals surface area contributed by atoms with Gasteiger partial charge in [-0.3, -0.25) is 9.36 Å². The minimum absolute atomic E-state index is 0.0923. The molecule has 3 heterocycles. The van der Waals surface area contributed by atoms with Gasteiger partial charge in [0.2, 0.25) is 0 Å². The van der Waals surface area contributed by atoms with Crippen molar-refractivity contribution in [3.8, 4) is 5.75 Å². The third-order valence-corrected chi connectivity index (χ3v) is 3.57. The summed E-state index contributed by atoms with van der Waals surface area (Å²) in [4.78, 5) is 20.6. The molecule has 1 fully saturated rings. The number of ether oxygens (including phenoxy) is 2. The third kappa shape index (κ3) is 2.25. The number of halogens is 1. The van der Waals surface area contributed by atoms with E-state index in [2.05, 4.69) is 9.97 Å². The molecule has 1 aliphatic rings. The van der Waals surface area contributed by atoms with Gasteiger partial charge in [0.15, 0.2) is 5.75 Å². The summed E-state index contributed by atoms with van der Waals surface area (Å²) in [6, 6.07) is 1.61. The van der Waals surface area contributed by atoms with Crippen LogP contribution in [0.25, 0.3) is 11.0 Å². The van der Waals surface area contributed by atoms with Crippen LogP contribution in [0, 0.1) is 6.92 Å². The molecule has 1 saturated heterocycles. The molecule has 0 spiro atoms. The Kier molecular flexibility index (Phi) is 3.35. The topological polar surface area (TPSA) is 66.2 Å². The smallest absolute Gasteiger partial charge is 0.294 e. The van der Waals surface area contributed by atoms with Crippen LogP contribution >= 0.6 is 11.6 Å². The fourth-order valence-electron chi connectivity index (χ4n) is 2.24. The van der Waals surface area contributed by atoms with Gasteiger partial charge in [0, 0.05) is 13.5 Å². The first-order valence-corrected chi connectivity index (χ1v) is 6.72. The third-order valence-electron chi connectivity index (χ3n) is 3.28. The molecule has 1 aliphatic heterocycles. The molecule has 0 N–H and O–H groups in total. The zero-order valence-corrected chi connectivity index (χ0v) is 12.0. The molecule has 0 saturated carbocycles. The van der Waals surface area contributed by atoms with Crippen molar-refractivity contribution in [1.82, 2.24) is 14.5 Å². The number of pyridine rings is 1. The minimum Gasteiger partial charge on any atom is -0.482 e. The Morgan fingerprint density at radius 1 is 1.50 bits per heavy atom. The molecule has 7 heteroatoms. The van der Waals surface area contributed by atoms with Crippen molar-refractivity contribution in [3.05, 3.63) is 27.4 Å². The van der Waals surface area contributed by atoms with E-state index in [0.717, 1.165) is 6.42 Å². The normalized spacial score (nSPS) is 18.6. The van der Waals surface area contributed by atoms with Crippen molar-refractivity contribution in [3.63, 3.8) is 0 Å². The zero-order chi connectivity index (χ0) is 14.3. The monoisotopic (exact) mass is 295 g/mol. The lowest BCUT2D eigenvalue weighted by Crippen LogP contribution is -2.25. The van der Waals surface area contributed by atoms with Crippen molar-refractivity contribution in [2.45, 2.75) is 19.4 Å². The second-order valence-corrected chi connectivity index (χ2v) is 5.13. The molecule has 0 radical (unpaired) electrons. The molecule has 1 atom stereocenters. The lowest BCUT2D eigenvalue weighted by Gasteiger charge is -2.14. The van der Waals surface area contributed by atoms with Crippen LogP contribution in [-0.4, -0.2) is 33.9 Å². The summed E-state index contributed by atoms with van der Waals surface area (Å²) in [5.74, 6) is 0.778. The first-order valence-electron chi connectivity index (χ1n) is 6.34.